The van der Waals surface area contributed by atoms with Gasteiger partial charge in [-0.05, 0) is 53.9 Å². The molecule has 0 aliphatic carbocycles. The number of fused-ring (bicyclic) bond motifs is 1. The van der Waals surface area contributed by atoms with E-state index in [0.29, 0.717) is 23.2 Å². The molecule has 5 aromatic rings. The number of imidazole rings is 1. The summed E-state index contributed by atoms with van der Waals surface area (Å²) in [7, 11) is 4.81. The number of hydrogen-bond acceptors (Lipinski definition) is 7. The van der Waals surface area contributed by atoms with Gasteiger partial charge < -0.3 is 19.5 Å². The van der Waals surface area contributed by atoms with Crippen LogP contribution in [0.5, 0.6) is 17.2 Å². The normalized spacial score (nSPS) is 11.8. The Balaban J connectivity index is 1.46. The van der Waals surface area contributed by atoms with Gasteiger partial charge in [0, 0.05) is 6.20 Å². The smallest absolute Gasteiger partial charge is 0.225 e. The number of nitrogens with one attached hydrogen (secondary N) is 1. The molecule has 0 aliphatic heterocycles. The highest BCUT2D eigenvalue weighted by molar-refractivity contribution is 5.84. The van der Waals surface area contributed by atoms with Crippen molar-refractivity contribution in [2.75, 3.05) is 26.6 Å². The molecule has 0 spiro atoms. The van der Waals surface area contributed by atoms with Gasteiger partial charge in [-0.15, -0.1) is 0 Å². The van der Waals surface area contributed by atoms with Crippen molar-refractivity contribution in [1.29, 1.82) is 0 Å². The SMILES string of the molecule is COc1cc(-c2ccc3c(c2)ncn3-c2ccnc(NC(C)c3ccccc3)n2)cc(OC)c1OC. The van der Waals surface area contributed by atoms with Crippen LogP contribution in [-0.4, -0.2) is 40.8 Å². The van der Waals surface area contributed by atoms with E-state index in [1.54, 1.807) is 33.9 Å². The van der Waals surface area contributed by atoms with Crippen LogP contribution in [0.1, 0.15) is 18.5 Å². The highest BCUT2D eigenvalue weighted by Gasteiger charge is 2.15. The van der Waals surface area contributed by atoms with Crippen molar-refractivity contribution < 1.29 is 14.2 Å². The fourth-order valence-corrected chi connectivity index (χ4v) is 4.19. The van der Waals surface area contributed by atoms with E-state index in [1.165, 1.54) is 5.56 Å². The summed E-state index contributed by atoms with van der Waals surface area (Å²) in [5, 5.41) is 3.38. The van der Waals surface area contributed by atoms with Crippen LogP contribution in [0, 0.1) is 0 Å². The summed E-state index contributed by atoms with van der Waals surface area (Å²) < 4.78 is 18.4. The van der Waals surface area contributed by atoms with Gasteiger partial charge in [0.15, 0.2) is 11.5 Å². The Morgan fingerprint density at radius 2 is 1.56 bits per heavy atom. The molecule has 36 heavy (non-hydrogen) atoms. The van der Waals surface area contributed by atoms with E-state index in [9.17, 15) is 0 Å². The largest absolute Gasteiger partial charge is 0.493 e. The van der Waals surface area contributed by atoms with E-state index < -0.39 is 0 Å². The van der Waals surface area contributed by atoms with Crippen molar-refractivity contribution in [3.05, 3.63) is 84.8 Å². The number of methoxy groups -OCH3 is 3. The average Bonchev–Trinajstić information content (AvgIpc) is 3.36. The summed E-state index contributed by atoms with van der Waals surface area (Å²) >= 11 is 0. The average molecular weight is 482 g/mol. The molecule has 2 heterocycles. The molecule has 8 nitrogen and oxygen atoms in total. The van der Waals surface area contributed by atoms with Crippen LogP contribution in [0.15, 0.2) is 79.3 Å². The first kappa shape index (κ1) is 23.2. The lowest BCUT2D eigenvalue weighted by Gasteiger charge is -2.15. The second-order valence-corrected chi connectivity index (χ2v) is 8.25. The third kappa shape index (κ3) is 4.40. The van der Waals surface area contributed by atoms with E-state index >= 15 is 0 Å². The monoisotopic (exact) mass is 481 g/mol. The van der Waals surface area contributed by atoms with Crippen molar-refractivity contribution >= 4 is 17.0 Å². The molecule has 0 bridgehead atoms. The summed E-state index contributed by atoms with van der Waals surface area (Å²) in [6, 6.07) is 22.1. The van der Waals surface area contributed by atoms with Gasteiger partial charge in [0.1, 0.15) is 12.1 Å². The lowest BCUT2D eigenvalue weighted by molar-refractivity contribution is 0.324. The first-order chi connectivity index (χ1) is 17.6. The molecule has 0 amide bonds. The maximum atomic E-state index is 5.51. The van der Waals surface area contributed by atoms with Crippen LogP contribution < -0.4 is 19.5 Å². The number of rotatable bonds is 8. The Hall–Kier alpha value is -4.59. The zero-order valence-electron chi connectivity index (χ0n) is 20.6. The van der Waals surface area contributed by atoms with Crippen molar-refractivity contribution in [3.63, 3.8) is 0 Å². The third-order valence-electron chi connectivity index (χ3n) is 6.08. The minimum absolute atomic E-state index is 0.0713. The molecule has 182 valence electrons. The Morgan fingerprint density at radius 3 is 2.25 bits per heavy atom. The van der Waals surface area contributed by atoms with Gasteiger partial charge in [0.2, 0.25) is 11.7 Å². The van der Waals surface area contributed by atoms with Gasteiger partial charge in [-0.2, -0.15) is 4.98 Å². The Labute approximate surface area is 209 Å². The molecule has 0 saturated carbocycles. The van der Waals surface area contributed by atoms with Crippen LogP contribution in [0.3, 0.4) is 0 Å². The number of aromatic nitrogens is 4. The van der Waals surface area contributed by atoms with Crippen LogP contribution in [0.4, 0.5) is 5.95 Å². The molecule has 3 aromatic carbocycles. The zero-order chi connectivity index (χ0) is 25.1. The number of benzene rings is 3. The fourth-order valence-electron chi connectivity index (χ4n) is 4.19. The number of nitrogens with zero attached hydrogens (tertiary/aromatic N) is 4. The molecule has 8 heteroatoms. The van der Waals surface area contributed by atoms with Crippen molar-refractivity contribution in [2.24, 2.45) is 0 Å². The minimum atomic E-state index is 0.0713. The fraction of sp³-hybridized carbons (Fsp3) is 0.179. The molecule has 0 radical (unpaired) electrons. The highest BCUT2D eigenvalue weighted by atomic mass is 16.5. The second kappa shape index (κ2) is 9.95. The van der Waals surface area contributed by atoms with Gasteiger partial charge in [-0.25, -0.2) is 9.97 Å². The molecular formula is C28H27N5O3. The van der Waals surface area contributed by atoms with Crippen LogP contribution in [-0.2, 0) is 0 Å². The molecule has 0 saturated heterocycles. The number of anilines is 1. The lowest BCUT2D eigenvalue weighted by Crippen LogP contribution is -2.10. The first-order valence-electron chi connectivity index (χ1n) is 11.5. The first-order valence-corrected chi connectivity index (χ1v) is 11.5. The molecule has 0 aliphatic rings. The number of hydrogen-bond donors (Lipinski definition) is 1. The summed E-state index contributed by atoms with van der Waals surface area (Å²) in [5.41, 5.74) is 4.86. The third-order valence-corrected chi connectivity index (χ3v) is 6.08. The predicted molar refractivity (Wildman–Crippen MR) is 140 cm³/mol. The van der Waals surface area contributed by atoms with Crippen LogP contribution in [0.2, 0.25) is 0 Å². The summed E-state index contributed by atoms with van der Waals surface area (Å²) in [6.45, 7) is 2.09. The molecule has 2 aromatic heterocycles. The van der Waals surface area contributed by atoms with Crippen molar-refractivity contribution in [2.45, 2.75) is 13.0 Å². The standard InChI is InChI=1S/C28H27N5O3/c1-18(19-8-6-5-7-9-19)31-28-29-13-12-26(32-28)33-17-30-22-14-20(10-11-23(22)33)21-15-24(34-2)27(36-4)25(16-21)35-3/h5-18H,1-4H3,(H,29,31,32). The molecular weight excluding hydrogens is 454 g/mol. The quantitative estimate of drug-likeness (QED) is 0.305. The minimum Gasteiger partial charge on any atom is -0.493 e. The van der Waals surface area contributed by atoms with E-state index in [0.717, 1.165) is 28.0 Å². The van der Waals surface area contributed by atoms with Crippen LogP contribution >= 0.6 is 0 Å². The summed E-state index contributed by atoms with van der Waals surface area (Å²) in [6.07, 6.45) is 3.52. The Bertz CT molecular complexity index is 1480. The highest BCUT2D eigenvalue weighted by Crippen LogP contribution is 2.41. The topological polar surface area (TPSA) is 83.3 Å². The molecule has 1 N–H and O–H groups in total. The number of ether oxygens (including phenoxy) is 3. The van der Waals surface area contributed by atoms with Gasteiger partial charge in [0.05, 0.1) is 38.4 Å². The maximum Gasteiger partial charge on any atom is 0.225 e. The zero-order valence-corrected chi connectivity index (χ0v) is 20.6. The Kier molecular flexibility index (Phi) is 6.40. The maximum absolute atomic E-state index is 5.51. The predicted octanol–water partition coefficient (Wildman–Crippen LogP) is 5.68. The van der Waals surface area contributed by atoms with E-state index in [-0.39, 0.29) is 6.04 Å². The molecule has 0 fully saturated rings. The second-order valence-electron chi connectivity index (χ2n) is 8.25. The summed E-state index contributed by atoms with van der Waals surface area (Å²) in [5.74, 6) is 3.05. The molecule has 1 atom stereocenters. The van der Waals surface area contributed by atoms with Crippen molar-refractivity contribution in [3.8, 4) is 34.2 Å². The molecule has 1 unspecified atom stereocenters. The molecule has 5 rings (SSSR count). The Morgan fingerprint density at radius 1 is 0.806 bits per heavy atom. The van der Waals surface area contributed by atoms with Crippen molar-refractivity contribution in [1.82, 2.24) is 19.5 Å². The summed E-state index contributed by atoms with van der Waals surface area (Å²) in [4.78, 5) is 13.8. The lowest BCUT2D eigenvalue weighted by atomic mass is 10.0. The van der Waals surface area contributed by atoms with E-state index in [4.69, 9.17) is 19.2 Å². The van der Waals surface area contributed by atoms with E-state index in [2.05, 4.69) is 34.3 Å². The van der Waals surface area contributed by atoms with Gasteiger partial charge in [-0.3, -0.25) is 4.57 Å². The van der Waals surface area contributed by atoms with Gasteiger partial charge in [0.25, 0.3) is 0 Å². The van der Waals surface area contributed by atoms with Gasteiger partial charge >= 0.3 is 0 Å². The van der Waals surface area contributed by atoms with Crippen LogP contribution in [0.25, 0.3) is 28.0 Å². The van der Waals surface area contributed by atoms with Gasteiger partial charge in [-0.1, -0.05) is 36.4 Å². The van der Waals surface area contributed by atoms with E-state index in [1.807, 2.05) is 59.2 Å².